The van der Waals surface area contributed by atoms with Crippen molar-refractivity contribution in [3.8, 4) is 6.07 Å². The molecule has 0 radical (unpaired) electrons. The van der Waals surface area contributed by atoms with Gasteiger partial charge in [0, 0.05) is 6.20 Å². The van der Waals surface area contributed by atoms with Crippen molar-refractivity contribution in [1.29, 1.82) is 5.26 Å². The summed E-state index contributed by atoms with van der Waals surface area (Å²) in [6, 6.07) is 3.93. The van der Waals surface area contributed by atoms with Gasteiger partial charge in [-0.3, -0.25) is 4.98 Å². The molecule has 3 heteroatoms. The topological polar surface area (TPSA) is 56.9 Å². The first-order valence-corrected chi connectivity index (χ1v) is 5.70. The second-order valence-corrected chi connectivity index (χ2v) is 4.77. The highest BCUT2D eigenvalue weighted by atomic mass is 16.3. The maximum Gasteiger partial charge on any atom is 0.101 e. The number of rotatable bonds is 1. The van der Waals surface area contributed by atoms with E-state index in [-0.39, 0.29) is 5.92 Å². The Morgan fingerprint density at radius 2 is 2.31 bits per heavy atom. The highest BCUT2D eigenvalue weighted by Gasteiger charge is 2.31. The third kappa shape index (κ3) is 1.81. The van der Waals surface area contributed by atoms with E-state index in [0.717, 1.165) is 24.1 Å². The quantitative estimate of drug-likeness (QED) is 0.783. The molecule has 3 nitrogen and oxygen atoms in total. The lowest BCUT2D eigenvalue weighted by molar-refractivity contribution is 0.0629. The number of nitriles is 1. The zero-order valence-corrected chi connectivity index (χ0v) is 9.64. The lowest BCUT2D eigenvalue weighted by atomic mass is 9.78. The van der Waals surface area contributed by atoms with E-state index in [1.807, 2.05) is 6.07 Å². The van der Waals surface area contributed by atoms with Crippen molar-refractivity contribution in [2.45, 2.75) is 32.8 Å². The van der Waals surface area contributed by atoms with Crippen molar-refractivity contribution in [3.05, 3.63) is 29.1 Å². The smallest absolute Gasteiger partial charge is 0.101 e. The van der Waals surface area contributed by atoms with Crippen LogP contribution >= 0.6 is 0 Å². The van der Waals surface area contributed by atoms with Gasteiger partial charge in [0.15, 0.2) is 0 Å². The van der Waals surface area contributed by atoms with Crippen molar-refractivity contribution in [2.24, 2.45) is 11.8 Å². The van der Waals surface area contributed by atoms with Gasteiger partial charge in [-0.25, -0.2) is 0 Å². The van der Waals surface area contributed by atoms with Crippen LogP contribution in [0.5, 0.6) is 0 Å². The number of aliphatic hydroxyl groups excluding tert-OH is 1. The predicted octanol–water partition coefficient (Wildman–Crippen LogP) is 2.21. The Bertz CT molecular complexity index is 434. The van der Waals surface area contributed by atoms with E-state index in [4.69, 9.17) is 5.26 Å². The number of aromatic nitrogens is 1. The first-order chi connectivity index (χ1) is 7.63. The maximum absolute atomic E-state index is 10.2. The molecule has 1 N–H and O–H groups in total. The molecule has 0 saturated heterocycles. The highest BCUT2D eigenvalue weighted by Crippen LogP contribution is 2.37. The maximum atomic E-state index is 10.2. The molecule has 2 atom stereocenters. The molecule has 0 amide bonds. The van der Waals surface area contributed by atoms with Crippen LogP contribution in [0.15, 0.2) is 12.3 Å². The van der Waals surface area contributed by atoms with Gasteiger partial charge in [-0.1, -0.05) is 13.8 Å². The number of pyridine rings is 1. The number of hydrogen-bond acceptors (Lipinski definition) is 3. The molecule has 1 aromatic heterocycles. The fourth-order valence-corrected chi connectivity index (χ4v) is 2.43. The van der Waals surface area contributed by atoms with Gasteiger partial charge in [0.25, 0.3) is 0 Å². The van der Waals surface area contributed by atoms with E-state index >= 15 is 0 Å². The Hall–Kier alpha value is -1.40. The molecule has 1 aromatic rings. The lowest BCUT2D eigenvalue weighted by Crippen LogP contribution is -2.25. The molecule has 2 unspecified atom stereocenters. The third-order valence-corrected chi connectivity index (χ3v) is 3.42. The largest absolute Gasteiger partial charge is 0.386 e. The van der Waals surface area contributed by atoms with E-state index in [9.17, 15) is 5.11 Å². The van der Waals surface area contributed by atoms with E-state index in [1.54, 1.807) is 6.20 Å². The first-order valence-electron chi connectivity index (χ1n) is 5.70. The Balaban J connectivity index is 2.36. The van der Waals surface area contributed by atoms with E-state index in [1.165, 1.54) is 0 Å². The molecule has 1 heterocycles. The van der Waals surface area contributed by atoms with Crippen molar-refractivity contribution < 1.29 is 5.11 Å². The molecular formula is C13H16N2O. The molecule has 1 aliphatic rings. The van der Waals surface area contributed by atoms with E-state index in [2.05, 4.69) is 24.9 Å². The highest BCUT2D eigenvalue weighted by molar-refractivity contribution is 5.35. The number of aryl methyl sites for hydroxylation is 1. The fraction of sp³-hybridized carbons (Fsp3) is 0.538. The first kappa shape index (κ1) is 11.1. The van der Waals surface area contributed by atoms with E-state index in [0.29, 0.717) is 11.5 Å². The van der Waals surface area contributed by atoms with Gasteiger partial charge < -0.3 is 5.11 Å². The average molecular weight is 216 g/mol. The monoisotopic (exact) mass is 216 g/mol. The van der Waals surface area contributed by atoms with Gasteiger partial charge in [-0.2, -0.15) is 5.26 Å². The van der Waals surface area contributed by atoms with Gasteiger partial charge in [0.1, 0.15) is 6.07 Å². The summed E-state index contributed by atoms with van der Waals surface area (Å²) < 4.78 is 0. The third-order valence-electron chi connectivity index (χ3n) is 3.42. The molecule has 0 aromatic carbocycles. The molecule has 0 saturated carbocycles. The summed E-state index contributed by atoms with van der Waals surface area (Å²) in [6.45, 7) is 4.26. The van der Waals surface area contributed by atoms with Crippen LogP contribution in [0.25, 0.3) is 0 Å². The number of aliphatic hydroxyl groups is 1. The lowest BCUT2D eigenvalue weighted by Gasteiger charge is -2.31. The summed E-state index contributed by atoms with van der Waals surface area (Å²) >= 11 is 0. The standard InChI is InChI=1S/C13H16N2O/c1-8(2)11-4-3-10-5-9(6-14)7-15-12(10)13(11)16/h5,7-8,11,13,16H,3-4H2,1-2H3. The summed E-state index contributed by atoms with van der Waals surface area (Å²) in [5, 5.41) is 19.0. The molecule has 1 aliphatic carbocycles. The summed E-state index contributed by atoms with van der Waals surface area (Å²) in [4.78, 5) is 4.23. The number of fused-ring (bicyclic) bond motifs is 1. The zero-order chi connectivity index (χ0) is 11.7. The minimum absolute atomic E-state index is 0.285. The van der Waals surface area contributed by atoms with Crippen LogP contribution in [-0.2, 0) is 6.42 Å². The van der Waals surface area contributed by atoms with Gasteiger partial charge in [0.2, 0.25) is 0 Å². The Morgan fingerprint density at radius 1 is 1.56 bits per heavy atom. The molecule has 84 valence electrons. The average Bonchev–Trinajstić information content (AvgIpc) is 2.28. The zero-order valence-electron chi connectivity index (χ0n) is 9.64. The number of hydrogen-bond donors (Lipinski definition) is 1. The van der Waals surface area contributed by atoms with Crippen molar-refractivity contribution in [3.63, 3.8) is 0 Å². The summed E-state index contributed by atoms with van der Waals surface area (Å²) in [5.74, 6) is 0.744. The van der Waals surface area contributed by atoms with Crippen molar-refractivity contribution in [1.82, 2.24) is 4.98 Å². The Labute approximate surface area is 95.8 Å². The van der Waals surface area contributed by atoms with Crippen LogP contribution in [0, 0.1) is 23.2 Å². The minimum atomic E-state index is -0.475. The number of nitrogens with zero attached hydrogens (tertiary/aromatic N) is 2. The van der Waals surface area contributed by atoms with Crippen molar-refractivity contribution >= 4 is 0 Å². The molecule has 0 bridgehead atoms. The fourth-order valence-electron chi connectivity index (χ4n) is 2.43. The summed E-state index contributed by atoms with van der Waals surface area (Å²) in [7, 11) is 0. The second-order valence-electron chi connectivity index (χ2n) is 4.77. The van der Waals surface area contributed by atoms with Crippen LogP contribution in [0.1, 0.15) is 43.2 Å². The summed E-state index contributed by atoms with van der Waals surface area (Å²) in [6.07, 6.45) is 2.96. The van der Waals surface area contributed by atoms with Gasteiger partial charge >= 0.3 is 0 Å². The predicted molar refractivity (Wildman–Crippen MR) is 60.6 cm³/mol. The molecule has 2 rings (SSSR count). The van der Waals surface area contributed by atoms with Crippen LogP contribution < -0.4 is 0 Å². The molecule has 0 aliphatic heterocycles. The molecular weight excluding hydrogens is 200 g/mol. The molecule has 0 spiro atoms. The SMILES string of the molecule is CC(C)C1CCc2cc(C#N)cnc2C1O. The summed E-state index contributed by atoms with van der Waals surface area (Å²) in [5.41, 5.74) is 2.38. The van der Waals surface area contributed by atoms with Crippen LogP contribution in [0.4, 0.5) is 0 Å². The van der Waals surface area contributed by atoms with Gasteiger partial charge in [-0.15, -0.1) is 0 Å². The van der Waals surface area contributed by atoms with Gasteiger partial charge in [-0.05, 0) is 36.3 Å². The minimum Gasteiger partial charge on any atom is -0.386 e. The van der Waals surface area contributed by atoms with Crippen LogP contribution in [-0.4, -0.2) is 10.1 Å². The normalized spacial score (nSPS) is 23.9. The van der Waals surface area contributed by atoms with Crippen LogP contribution in [0.2, 0.25) is 0 Å². The van der Waals surface area contributed by atoms with Crippen molar-refractivity contribution in [2.75, 3.05) is 0 Å². The molecule has 0 fully saturated rings. The van der Waals surface area contributed by atoms with E-state index < -0.39 is 6.10 Å². The second kappa shape index (κ2) is 4.23. The molecule has 16 heavy (non-hydrogen) atoms. The van der Waals surface area contributed by atoms with Crippen LogP contribution in [0.3, 0.4) is 0 Å². The Morgan fingerprint density at radius 3 is 2.94 bits per heavy atom. The Kier molecular flexibility index (Phi) is 2.93. The van der Waals surface area contributed by atoms with Gasteiger partial charge in [0.05, 0.1) is 17.4 Å².